The summed E-state index contributed by atoms with van der Waals surface area (Å²) in [4.78, 5) is 6.10. The second-order valence-electron chi connectivity index (χ2n) is 5.07. The number of amidine groups is 1. The van der Waals surface area contributed by atoms with E-state index in [0.717, 1.165) is 18.7 Å². The van der Waals surface area contributed by atoms with Gasteiger partial charge in [0.2, 0.25) is 0 Å². The van der Waals surface area contributed by atoms with Gasteiger partial charge in [-0.05, 0) is 39.5 Å². The zero-order chi connectivity index (χ0) is 13.2. The summed E-state index contributed by atoms with van der Waals surface area (Å²) in [5, 5.41) is 0. The van der Waals surface area contributed by atoms with E-state index in [0.29, 0.717) is 5.70 Å². The molecule has 0 amide bonds. The van der Waals surface area contributed by atoms with Gasteiger partial charge in [-0.2, -0.15) is 0 Å². The van der Waals surface area contributed by atoms with Gasteiger partial charge >= 0.3 is 0 Å². The largest absolute Gasteiger partial charge is 0.366 e. The summed E-state index contributed by atoms with van der Waals surface area (Å²) in [7, 11) is 3.76. The zero-order valence-electron chi connectivity index (χ0n) is 11.3. The number of nitrogens with zero attached hydrogens (tertiary/aromatic N) is 2. The third-order valence-electron chi connectivity index (χ3n) is 3.44. The maximum Gasteiger partial charge on any atom is 0.139 e. The number of hydrogen-bond donors (Lipinski definition) is 0. The Kier molecular flexibility index (Phi) is 3.98. The van der Waals surface area contributed by atoms with E-state index in [1.807, 2.05) is 25.9 Å². The van der Waals surface area contributed by atoms with Crippen molar-refractivity contribution in [1.29, 1.82) is 0 Å². The minimum absolute atomic E-state index is 0.260. The van der Waals surface area contributed by atoms with Crippen molar-refractivity contribution in [2.24, 2.45) is 16.3 Å². The van der Waals surface area contributed by atoms with E-state index in [1.54, 1.807) is 13.8 Å². The molecular formula is C14H21FN2. The highest BCUT2D eigenvalue weighted by Gasteiger charge is 2.44. The lowest BCUT2D eigenvalue weighted by atomic mass is 9.83. The van der Waals surface area contributed by atoms with Gasteiger partial charge in [-0.3, -0.25) is 0 Å². The fourth-order valence-corrected chi connectivity index (χ4v) is 1.79. The topological polar surface area (TPSA) is 15.6 Å². The summed E-state index contributed by atoms with van der Waals surface area (Å²) >= 11 is 0. The minimum atomic E-state index is -0.778. The van der Waals surface area contributed by atoms with Crippen LogP contribution in [0.3, 0.4) is 0 Å². The Morgan fingerprint density at radius 3 is 2.29 bits per heavy atom. The van der Waals surface area contributed by atoms with Gasteiger partial charge < -0.3 is 4.90 Å². The molecule has 0 aromatic rings. The van der Waals surface area contributed by atoms with Crippen LogP contribution >= 0.6 is 0 Å². The molecule has 0 N–H and O–H groups in total. The molecule has 1 fully saturated rings. The van der Waals surface area contributed by atoms with Crippen LogP contribution < -0.4 is 0 Å². The van der Waals surface area contributed by atoms with E-state index in [9.17, 15) is 4.39 Å². The Hall–Kier alpha value is -1.30. The van der Waals surface area contributed by atoms with E-state index in [-0.39, 0.29) is 11.7 Å². The van der Waals surface area contributed by atoms with Crippen LogP contribution in [-0.4, -0.2) is 24.8 Å². The maximum atomic E-state index is 14.4. The van der Waals surface area contributed by atoms with Crippen molar-refractivity contribution in [1.82, 2.24) is 4.90 Å². The lowest BCUT2D eigenvalue weighted by Gasteiger charge is -2.22. The van der Waals surface area contributed by atoms with Crippen molar-refractivity contribution < 1.29 is 4.39 Å². The van der Waals surface area contributed by atoms with Crippen LogP contribution in [0.15, 0.2) is 16.5 Å². The van der Waals surface area contributed by atoms with Crippen LogP contribution in [0.2, 0.25) is 0 Å². The Balaban J connectivity index is 3.04. The van der Waals surface area contributed by atoms with Crippen LogP contribution in [0, 0.1) is 23.7 Å². The summed E-state index contributed by atoms with van der Waals surface area (Å²) < 4.78 is 14.4. The highest BCUT2D eigenvalue weighted by atomic mass is 19.1. The fourth-order valence-electron chi connectivity index (χ4n) is 1.79. The zero-order valence-corrected chi connectivity index (χ0v) is 11.3. The van der Waals surface area contributed by atoms with Crippen molar-refractivity contribution >= 4 is 5.84 Å². The first-order chi connectivity index (χ1) is 7.82. The Morgan fingerprint density at radius 1 is 1.41 bits per heavy atom. The molecule has 0 radical (unpaired) electrons. The van der Waals surface area contributed by atoms with E-state index in [2.05, 4.69) is 10.9 Å². The average molecular weight is 236 g/mol. The first-order valence-corrected chi connectivity index (χ1v) is 5.90. The van der Waals surface area contributed by atoms with Crippen LogP contribution in [0.4, 0.5) is 4.39 Å². The quantitative estimate of drug-likeness (QED) is 0.417. The molecule has 0 aliphatic heterocycles. The van der Waals surface area contributed by atoms with Crippen molar-refractivity contribution in [2.45, 2.75) is 33.6 Å². The standard InChI is InChI=1S/C14H21FN2/c1-7-14(4,12-8-9-12)13(15)10(2)16-11(3)17(5)6/h1,12H,8-9H2,2-6H3/b13-10+,16-11?. The number of allylic oxidation sites excluding steroid dienone is 2. The molecule has 94 valence electrons. The lowest BCUT2D eigenvalue weighted by molar-refractivity contribution is 0.357. The molecule has 1 rings (SSSR count). The van der Waals surface area contributed by atoms with Gasteiger partial charge in [0.15, 0.2) is 0 Å². The van der Waals surface area contributed by atoms with Gasteiger partial charge in [0.1, 0.15) is 11.7 Å². The van der Waals surface area contributed by atoms with Gasteiger partial charge in [-0.1, -0.05) is 5.92 Å². The molecule has 0 aromatic heterocycles. The molecule has 3 heteroatoms. The summed E-state index contributed by atoms with van der Waals surface area (Å²) in [6.45, 7) is 5.32. The van der Waals surface area contributed by atoms with Crippen molar-refractivity contribution in [3.05, 3.63) is 11.5 Å². The Morgan fingerprint density at radius 2 is 1.94 bits per heavy atom. The van der Waals surface area contributed by atoms with E-state index < -0.39 is 5.41 Å². The predicted octanol–water partition coefficient (Wildman–Crippen LogP) is 3.22. The third-order valence-corrected chi connectivity index (χ3v) is 3.44. The van der Waals surface area contributed by atoms with Crippen molar-refractivity contribution in [3.63, 3.8) is 0 Å². The monoisotopic (exact) mass is 236 g/mol. The summed E-state index contributed by atoms with van der Waals surface area (Å²) in [5.41, 5.74) is -0.385. The molecule has 1 unspecified atom stereocenters. The van der Waals surface area contributed by atoms with E-state index in [4.69, 9.17) is 6.42 Å². The van der Waals surface area contributed by atoms with Gasteiger partial charge in [0.05, 0.1) is 11.1 Å². The maximum absolute atomic E-state index is 14.4. The van der Waals surface area contributed by atoms with Gasteiger partial charge in [0, 0.05) is 14.1 Å². The van der Waals surface area contributed by atoms with Crippen LogP contribution in [0.5, 0.6) is 0 Å². The summed E-state index contributed by atoms with van der Waals surface area (Å²) in [6.07, 6.45) is 7.52. The first-order valence-electron chi connectivity index (χ1n) is 5.90. The molecule has 0 spiro atoms. The molecule has 17 heavy (non-hydrogen) atoms. The number of terminal acetylenes is 1. The Bertz CT molecular complexity index is 397. The highest BCUT2D eigenvalue weighted by Crippen LogP contribution is 2.50. The van der Waals surface area contributed by atoms with Gasteiger partial charge in [-0.25, -0.2) is 9.38 Å². The minimum Gasteiger partial charge on any atom is -0.366 e. The predicted molar refractivity (Wildman–Crippen MR) is 70.3 cm³/mol. The molecular weight excluding hydrogens is 215 g/mol. The number of aliphatic imine (C=N–C) groups is 1. The fraction of sp³-hybridized carbons (Fsp3) is 0.643. The van der Waals surface area contributed by atoms with E-state index in [1.165, 1.54) is 0 Å². The molecule has 1 atom stereocenters. The molecule has 1 saturated carbocycles. The average Bonchev–Trinajstić information content (AvgIpc) is 3.10. The van der Waals surface area contributed by atoms with Crippen LogP contribution in [0.1, 0.15) is 33.6 Å². The third kappa shape index (κ3) is 2.88. The molecule has 0 heterocycles. The molecule has 1 aliphatic rings. The first kappa shape index (κ1) is 13.8. The molecule has 2 nitrogen and oxygen atoms in total. The van der Waals surface area contributed by atoms with Crippen molar-refractivity contribution in [3.8, 4) is 12.3 Å². The van der Waals surface area contributed by atoms with Crippen LogP contribution in [-0.2, 0) is 0 Å². The molecule has 0 aromatic carbocycles. The lowest BCUT2D eigenvalue weighted by Crippen LogP contribution is -2.21. The number of halogens is 1. The van der Waals surface area contributed by atoms with Crippen LogP contribution in [0.25, 0.3) is 0 Å². The van der Waals surface area contributed by atoms with Crippen molar-refractivity contribution in [2.75, 3.05) is 14.1 Å². The van der Waals surface area contributed by atoms with Gasteiger partial charge in [0.25, 0.3) is 0 Å². The Labute approximate surface area is 104 Å². The second kappa shape index (κ2) is 4.91. The SMILES string of the molecule is C#CC(C)(/C(F)=C(/C)N=C(C)N(C)C)C1CC1. The molecule has 0 bridgehead atoms. The smallest absolute Gasteiger partial charge is 0.139 e. The highest BCUT2D eigenvalue weighted by molar-refractivity contribution is 5.80. The normalized spacial score (nSPS) is 21.4. The molecule has 1 aliphatic carbocycles. The number of rotatable bonds is 3. The van der Waals surface area contributed by atoms with Gasteiger partial charge in [-0.15, -0.1) is 6.42 Å². The molecule has 0 saturated heterocycles. The second-order valence-corrected chi connectivity index (χ2v) is 5.07. The number of hydrogen-bond acceptors (Lipinski definition) is 1. The summed E-state index contributed by atoms with van der Waals surface area (Å²) in [6, 6.07) is 0. The van der Waals surface area contributed by atoms with E-state index >= 15 is 0 Å². The summed E-state index contributed by atoms with van der Waals surface area (Å²) in [5.74, 6) is 3.39.